The summed E-state index contributed by atoms with van der Waals surface area (Å²) in [6, 6.07) is 7.32. The van der Waals surface area contributed by atoms with Crippen molar-refractivity contribution in [1.29, 1.82) is 0 Å². The molecule has 25 heavy (non-hydrogen) atoms. The molecule has 0 spiro atoms. The molecule has 0 bridgehead atoms. The van der Waals surface area contributed by atoms with Gasteiger partial charge in [-0.25, -0.2) is 4.79 Å². The molecular weight excluding hydrogens is 376 g/mol. The predicted octanol–water partition coefficient (Wildman–Crippen LogP) is 5.27. The first kappa shape index (κ1) is 18.2. The number of benzene rings is 1. The second-order valence-corrected chi connectivity index (χ2v) is 7.67. The highest BCUT2D eigenvalue weighted by atomic mass is 35.5. The Labute approximate surface area is 161 Å². The summed E-state index contributed by atoms with van der Waals surface area (Å²) in [6.07, 6.45) is 4.17. The van der Waals surface area contributed by atoms with Gasteiger partial charge in [-0.1, -0.05) is 17.7 Å². The van der Waals surface area contributed by atoms with Crippen molar-refractivity contribution in [2.75, 3.05) is 17.2 Å². The number of thiocarbonyl (C=S) groups is 1. The number of esters is 1. The number of rotatable bonds is 4. The number of ether oxygens (including phenoxy) is 1. The van der Waals surface area contributed by atoms with Crippen LogP contribution in [0.15, 0.2) is 24.3 Å². The highest BCUT2D eigenvalue weighted by Gasteiger charge is 2.26. The Bertz CT molecular complexity index is 804. The summed E-state index contributed by atoms with van der Waals surface area (Å²) in [4.78, 5) is 13.7. The zero-order valence-corrected chi connectivity index (χ0v) is 16.2. The van der Waals surface area contributed by atoms with E-state index in [4.69, 9.17) is 28.6 Å². The van der Waals surface area contributed by atoms with Crippen LogP contribution in [-0.4, -0.2) is 17.7 Å². The van der Waals surface area contributed by atoms with Gasteiger partial charge in [0.15, 0.2) is 5.11 Å². The molecule has 1 aromatic carbocycles. The number of anilines is 2. The van der Waals surface area contributed by atoms with Gasteiger partial charge in [0.1, 0.15) is 5.00 Å². The molecule has 1 aliphatic rings. The SMILES string of the molecule is CCOC(=O)c1c(NC(=S)Nc2cccc(Cl)c2)sc2c1CCCC2. The zero-order valence-electron chi connectivity index (χ0n) is 13.9. The molecule has 0 unspecified atom stereocenters. The van der Waals surface area contributed by atoms with Gasteiger partial charge in [0.2, 0.25) is 0 Å². The number of aryl methyl sites for hydroxylation is 1. The van der Waals surface area contributed by atoms with Crippen LogP contribution in [0, 0.1) is 0 Å². The Morgan fingerprint density at radius 2 is 2.12 bits per heavy atom. The standard InChI is InChI=1S/C18H19ClN2O2S2/c1-2-23-17(22)15-13-8-3-4-9-14(13)25-16(15)21-18(24)20-12-7-5-6-11(19)10-12/h5-7,10H,2-4,8-9H2,1H3,(H2,20,21,24). The van der Waals surface area contributed by atoms with E-state index in [0.29, 0.717) is 22.3 Å². The molecule has 7 heteroatoms. The van der Waals surface area contributed by atoms with E-state index in [9.17, 15) is 4.79 Å². The molecule has 0 atom stereocenters. The van der Waals surface area contributed by atoms with Gasteiger partial charge in [-0.2, -0.15) is 0 Å². The first-order chi connectivity index (χ1) is 12.1. The predicted molar refractivity (Wildman–Crippen MR) is 108 cm³/mol. The van der Waals surface area contributed by atoms with E-state index in [1.165, 1.54) is 4.88 Å². The second-order valence-electron chi connectivity index (χ2n) is 5.72. The summed E-state index contributed by atoms with van der Waals surface area (Å²) in [7, 11) is 0. The van der Waals surface area contributed by atoms with Crippen molar-refractivity contribution in [1.82, 2.24) is 0 Å². The van der Waals surface area contributed by atoms with Crippen LogP contribution in [0.4, 0.5) is 10.7 Å². The van der Waals surface area contributed by atoms with E-state index in [1.54, 1.807) is 23.5 Å². The molecule has 2 N–H and O–H groups in total. The molecule has 1 heterocycles. The number of fused-ring (bicyclic) bond motifs is 1. The Balaban J connectivity index is 1.82. The van der Waals surface area contributed by atoms with Gasteiger partial charge in [0, 0.05) is 15.6 Å². The molecule has 0 aliphatic heterocycles. The van der Waals surface area contributed by atoms with Gasteiger partial charge in [0.25, 0.3) is 0 Å². The van der Waals surface area contributed by atoms with Crippen LogP contribution >= 0.6 is 35.2 Å². The number of halogens is 1. The first-order valence-corrected chi connectivity index (χ1v) is 9.84. The fraction of sp³-hybridized carbons (Fsp3) is 0.333. The molecule has 4 nitrogen and oxygen atoms in total. The minimum atomic E-state index is -0.282. The van der Waals surface area contributed by atoms with Crippen LogP contribution in [0.5, 0.6) is 0 Å². The van der Waals surface area contributed by atoms with Crippen molar-refractivity contribution in [3.05, 3.63) is 45.3 Å². The fourth-order valence-electron chi connectivity index (χ4n) is 2.90. The Kier molecular flexibility index (Phi) is 5.93. The summed E-state index contributed by atoms with van der Waals surface area (Å²) < 4.78 is 5.26. The van der Waals surface area contributed by atoms with Gasteiger partial charge >= 0.3 is 5.97 Å². The number of hydrogen-bond acceptors (Lipinski definition) is 4. The molecule has 0 saturated carbocycles. The second kappa shape index (κ2) is 8.17. The third-order valence-electron chi connectivity index (χ3n) is 3.96. The van der Waals surface area contributed by atoms with Gasteiger partial charge in [0.05, 0.1) is 12.2 Å². The average molecular weight is 395 g/mol. The van der Waals surface area contributed by atoms with E-state index >= 15 is 0 Å². The van der Waals surface area contributed by atoms with E-state index < -0.39 is 0 Å². The maximum atomic E-state index is 12.4. The van der Waals surface area contributed by atoms with Crippen LogP contribution in [0.2, 0.25) is 5.02 Å². The van der Waals surface area contributed by atoms with E-state index in [0.717, 1.165) is 41.9 Å². The molecule has 0 radical (unpaired) electrons. The van der Waals surface area contributed by atoms with Crippen LogP contribution in [-0.2, 0) is 17.6 Å². The summed E-state index contributed by atoms with van der Waals surface area (Å²) in [5.74, 6) is -0.282. The lowest BCUT2D eigenvalue weighted by molar-refractivity contribution is 0.0526. The van der Waals surface area contributed by atoms with Crippen LogP contribution in [0.3, 0.4) is 0 Å². The molecule has 1 aromatic heterocycles. The van der Waals surface area contributed by atoms with E-state index in [2.05, 4.69) is 10.6 Å². The highest BCUT2D eigenvalue weighted by molar-refractivity contribution is 7.80. The maximum Gasteiger partial charge on any atom is 0.341 e. The topological polar surface area (TPSA) is 50.4 Å². The third-order valence-corrected chi connectivity index (χ3v) is 5.61. The summed E-state index contributed by atoms with van der Waals surface area (Å²) in [5.41, 5.74) is 2.54. The van der Waals surface area contributed by atoms with Gasteiger partial charge in [-0.05, 0) is 68.6 Å². The van der Waals surface area contributed by atoms with Crippen LogP contribution in [0.25, 0.3) is 0 Å². The normalized spacial score (nSPS) is 13.0. The maximum absolute atomic E-state index is 12.4. The van der Waals surface area contributed by atoms with Crippen molar-refractivity contribution >= 4 is 56.9 Å². The molecular formula is C18H19ClN2O2S2. The molecule has 0 fully saturated rings. The smallest absolute Gasteiger partial charge is 0.341 e. The lowest BCUT2D eigenvalue weighted by atomic mass is 9.95. The molecule has 0 amide bonds. The van der Waals surface area contributed by atoms with Crippen LogP contribution in [0.1, 0.15) is 40.6 Å². The largest absolute Gasteiger partial charge is 0.462 e. The molecule has 0 saturated heterocycles. The molecule has 1 aliphatic carbocycles. The monoisotopic (exact) mass is 394 g/mol. The van der Waals surface area contributed by atoms with E-state index in [-0.39, 0.29) is 5.97 Å². The summed E-state index contributed by atoms with van der Waals surface area (Å²) >= 11 is 13.0. The summed E-state index contributed by atoms with van der Waals surface area (Å²) in [5, 5.41) is 8.08. The summed E-state index contributed by atoms with van der Waals surface area (Å²) in [6.45, 7) is 2.17. The Hall–Kier alpha value is -1.63. The Morgan fingerprint density at radius 3 is 2.88 bits per heavy atom. The van der Waals surface area contributed by atoms with Crippen molar-refractivity contribution in [2.24, 2.45) is 0 Å². The van der Waals surface area contributed by atoms with Crippen molar-refractivity contribution < 1.29 is 9.53 Å². The Morgan fingerprint density at radius 1 is 1.32 bits per heavy atom. The number of thiophene rings is 1. The number of carbonyl (C=O) groups excluding carboxylic acids is 1. The fourth-order valence-corrected chi connectivity index (χ4v) is 4.66. The van der Waals surface area contributed by atoms with Crippen molar-refractivity contribution in [2.45, 2.75) is 32.6 Å². The average Bonchev–Trinajstić information content (AvgIpc) is 2.92. The van der Waals surface area contributed by atoms with Crippen molar-refractivity contribution in [3.63, 3.8) is 0 Å². The lowest BCUT2D eigenvalue weighted by Gasteiger charge is -2.13. The van der Waals surface area contributed by atoms with Crippen LogP contribution < -0.4 is 10.6 Å². The minimum Gasteiger partial charge on any atom is -0.462 e. The molecule has 132 valence electrons. The number of carbonyl (C=O) groups is 1. The van der Waals surface area contributed by atoms with Gasteiger partial charge in [-0.15, -0.1) is 11.3 Å². The minimum absolute atomic E-state index is 0.282. The third kappa shape index (κ3) is 4.32. The first-order valence-electron chi connectivity index (χ1n) is 8.23. The number of hydrogen-bond donors (Lipinski definition) is 2. The van der Waals surface area contributed by atoms with Crippen molar-refractivity contribution in [3.8, 4) is 0 Å². The highest BCUT2D eigenvalue weighted by Crippen LogP contribution is 2.38. The van der Waals surface area contributed by atoms with Gasteiger partial charge < -0.3 is 15.4 Å². The molecule has 2 aromatic rings. The van der Waals surface area contributed by atoms with Gasteiger partial charge in [-0.3, -0.25) is 0 Å². The lowest BCUT2D eigenvalue weighted by Crippen LogP contribution is -2.20. The zero-order chi connectivity index (χ0) is 17.8. The van der Waals surface area contributed by atoms with E-state index in [1.807, 2.05) is 19.1 Å². The molecule has 3 rings (SSSR count). The quantitative estimate of drug-likeness (QED) is 0.546. The number of nitrogens with one attached hydrogen (secondary N) is 2.